The van der Waals surface area contributed by atoms with Gasteiger partial charge in [0.15, 0.2) is 0 Å². The number of nitro groups is 6. The van der Waals surface area contributed by atoms with Gasteiger partial charge < -0.3 is 0 Å². The van der Waals surface area contributed by atoms with Gasteiger partial charge in [0.05, 0.1) is 0 Å². The van der Waals surface area contributed by atoms with Crippen molar-refractivity contribution in [2.75, 3.05) is 0 Å². The van der Waals surface area contributed by atoms with E-state index in [-0.39, 0.29) is 152 Å². The van der Waals surface area contributed by atoms with Gasteiger partial charge in [0.25, 0.3) is 0 Å². The zero-order chi connectivity index (χ0) is 15.9. The van der Waals surface area contributed by atoms with Crippen molar-refractivity contribution < 1.29 is 138 Å². The molecular weight excluding hydrogens is 550 g/mol. The number of nitrogens with zero attached hydrogens (tertiary/aromatic N) is 6. The van der Waals surface area contributed by atoms with Crippen molar-refractivity contribution in [1.29, 1.82) is 0 Å². The molecule has 22 heavy (non-hydrogen) atoms. The Hall–Kier alpha value is 1.75. The summed E-state index contributed by atoms with van der Waals surface area (Å²) in [6.07, 6.45) is 0. The molecule has 18 nitrogen and oxygen atoms in total. The molecule has 0 aromatic heterocycles. The molecule has 0 unspecified atom stereocenters. The van der Waals surface area contributed by atoms with Crippen LogP contribution in [0.2, 0.25) is 0 Å². The van der Waals surface area contributed by atoms with Gasteiger partial charge in [0.2, 0.25) is 0 Å². The van der Waals surface area contributed by atoms with Crippen molar-refractivity contribution in [2.45, 2.75) is 0 Å². The first-order valence-electron chi connectivity index (χ1n) is 3.09. The molecule has 0 aliphatic heterocycles. The molecule has 0 aliphatic carbocycles. The molecule has 0 aromatic carbocycles. The fraction of sp³-hybridized carbons (Fsp3) is 0. The summed E-state index contributed by atoms with van der Waals surface area (Å²) in [5, 5.41) is 63.2. The van der Waals surface area contributed by atoms with Gasteiger partial charge in [-0.15, -0.1) is 0 Å². The molecule has 0 bridgehead atoms. The summed E-state index contributed by atoms with van der Waals surface area (Å²) in [6, 6.07) is 0. The maximum Gasteiger partial charge on any atom is 2.00 e. The van der Waals surface area contributed by atoms with Gasteiger partial charge in [0, 0.05) is 0 Å². The first kappa shape index (κ1) is 31.5. The minimum atomic E-state index is -10.3. The Morgan fingerprint density at radius 2 is 0.545 bits per heavy atom. The van der Waals surface area contributed by atoms with E-state index in [1.165, 1.54) is 0 Å². The molecule has 0 rings (SSSR count). The average Bonchev–Trinajstić information content (AvgIpc) is 2.15. The van der Waals surface area contributed by atoms with Crippen LogP contribution in [-0.2, 0) is 11.8 Å². The van der Waals surface area contributed by atoms with E-state index in [1.54, 1.807) is 0 Å². The molecule has 0 fully saturated rings. The van der Waals surface area contributed by atoms with E-state index in [2.05, 4.69) is 0 Å². The van der Waals surface area contributed by atoms with Crippen molar-refractivity contribution in [2.24, 2.45) is 0 Å². The number of hydrogen-bond donors (Lipinski definition) is 0. The SMILES string of the molecule is O=[N+]([O-])[Co-4]([N+](=O)[O-])([N+](=O)[O-])([N+](=O)[O-])([N+](=O)[O-])[N+](=O)[O-].[Ba+2].[K+].[K+]. The summed E-state index contributed by atoms with van der Waals surface area (Å²) in [4.78, 5) is 63.2. The van der Waals surface area contributed by atoms with Crippen LogP contribution in [0.5, 0.6) is 0 Å². The standard InChI is InChI=1S/Ba.Co.2K.6NO2/c;;;;6*2-1-3/q+2;-4;2*+1;;;;;;. The molecule has 0 heterocycles. The molecule has 115 valence electrons. The number of hydrogen-bond acceptors (Lipinski definition) is 12. The third-order valence-electron chi connectivity index (χ3n) is 1.63. The van der Waals surface area contributed by atoms with E-state index in [4.69, 9.17) is 0 Å². The molecule has 0 amide bonds. The second-order valence-electron chi connectivity index (χ2n) is 2.18. The van der Waals surface area contributed by atoms with E-state index in [1.807, 2.05) is 0 Å². The van der Waals surface area contributed by atoms with E-state index in [0.717, 1.165) is 0 Å². The minimum Gasteiger partial charge on any atom is 1.00 e. The molecule has 0 aliphatic rings. The summed E-state index contributed by atoms with van der Waals surface area (Å²) in [5.41, 5.74) is 0. The molecule has 0 atom stereocenters. The van der Waals surface area contributed by atoms with Crippen LogP contribution >= 0.6 is 0 Å². The fourth-order valence-corrected chi connectivity index (χ4v) is 2.75. The average molecular weight is 550 g/mol. The topological polar surface area (TPSA) is 259 Å². The second kappa shape index (κ2) is 8.91. The van der Waals surface area contributed by atoms with Gasteiger partial charge >= 0.3 is 248 Å². The third kappa shape index (κ3) is 2.46. The Bertz CT molecular complexity index is 441. The Balaban J connectivity index is -0.000000540. The van der Waals surface area contributed by atoms with Crippen LogP contribution < -0.4 is 103 Å². The van der Waals surface area contributed by atoms with Gasteiger partial charge in [-0.05, 0) is 0 Å². The summed E-state index contributed by atoms with van der Waals surface area (Å²) in [6.45, 7) is 0. The van der Waals surface area contributed by atoms with Crippen LogP contribution in [0.3, 0.4) is 0 Å². The summed E-state index contributed by atoms with van der Waals surface area (Å²) in [7, 11) is 0. The third-order valence-corrected chi connectivity index (χ3v) is 6.73. The monoisotopic (exact) mass is 551 g/mol. The van der Waals surface area contributed by atoms with Crippen molar-refractivity contribution >= 4 is 48.9 Å². The fourth-order valence-electron chi connectivity index (χ4n) is 0.667. The van der Waals surface area contributed by atoms with E-state index in [9.17, 15) is 60.7 Å². The quantitative estimate of drug-likeness (QED) is 0.170. The normalized spacial score (nSPS) is 12.5. The molecule has 0 saturated heterocycles. The molecular formula is BaCoK2N6O12. The predicted molar refractivity (Wildman–Crippen MR) is 47.7 cm³/mol. The largest absolute Gasteiger partial charge is 2.00 e. The van der Waals surface area contributed by atoms with Crippen molar-refractivity contribution in [3.05, 3.63) is 60.7 Å². The van der Waals surface area contributed by atoms with Crippen LogP contribution in [0.4, 0.5) is 0 Å². The summed E-state index contributed by atoms with van der Waals surface area (Å²) >= 11 is -10.3. The van der Waals surface area contributed by atoms with Gasteiger partial charge in [-0.3, -0.25) is 0 Å². The van der Waals surface area contributed by atoms with Crippen molar-refractivity contribution in [3.8, 4) is 0 Å². The van der Waals surface area contributed by atoms with Crippen LogP contribution in [0.25, 0.3) is 0 Å². The van der Waals surface area contributed by atoms with Gasteiger partial charge in [-0.2, -0.15) is 0 Å². The van der Waals surface area contributed by atoms with E-state index < -0.39 is 35.7 Å². The van der Waals surface area contributed by atoms with Crippen LogP contribution in [0, 0.1) is 60.7 Å². The summed E-state index contributed by atoms with van der Waals surface area (Å²) < 4.78 is -19.6. The summed E-state index contributed by atoms with van der Waals surface area (Å²) in [5.74, 6) is 0. The van der Waals surface area contributed by atoms with E-state index in [0.29, 0.717) is 0 Å². The predicted octanol–water partition coefficient (Wildman–Crippen LogP) is -8.01. The van der Waals surface area contributed by atoms with Gasteiger partial charge in [-0.1, -0.05) is 0 Å². The zero-order valence-corrected chi connectivity index (χ0v) is 22.4. The Kier molecular flexibility index (Phi) is 12.8. The number of rotatable bonds is 6. The molecule has 0 radical (unpaired) electrons. The van der Waals surface area contributed by atoms with Crippen LogP contribution in [0.1, 0.15) is 0 Å². The molecule has 22 heteroatoms. The first-order chi connectivity index (χ1) is 8.34. The first-order valence-corrected chi connectivity index (χ1v) is 5.88. The van der Waals surface area contributed by atoms with Crippen molar-refractivity contribution in [3.63, 3.8) is 0 Å². The van der Waals surface area contributed by atoms with Crippen molar-refractivity contribution in [1.82, 2.24) is 0 Å². The Morgan fingerprint density at radius 1 is 0.455 bits per heavy atom. The Labute approximate surface area is 242 Å². The van der Waals surface area contributed by atoms with Crippen LogP contribution in [0.15, 0.2) is 0 Å². The van der Waals surface area contributed by atoms with Gasteiger partial charge in [0.1, 0.15) is 0 Å². The molecule has 0 saturated carbocycles. The van der Waals surface area contributed by atoms with Gasteiger partial charge in [-0.25, -0.2) is 0 Å². The van der Waals surface area contributed by atoms with E-state index >= 15 is 0 Å². The maximum absolute atomic E-state index is 10.5. The minimum absolute atomic E-state index is 0. The zero-order valence-electron chi connectivity index (χ0n) is 10.6. The second-order valence-corrected chi connectivity index (χ2v) is 7.58. The molecule has 0 N–H and O–H groups in total. The Morgan fingerprint density at radius 3 is 0.545 bits per heavy atom. The smallest absolute Gasteiger partial charge is 1.00 e. The molecule has 0 spiro atoms. The maximum atomic E-state index is 10.5. The van der Waals surface area contributed by atoms with Crippen LogP contribution in [-0.4, -0.2) is 72.7 Å². The molecule has 0 aromatic rings.